The molecule has 0 aliphatic carbocycles. The number of likely N-dealkylation sites (tertiary alicyclic amines) is 2. The smallest absolute Gasteiger partial charge is 0.123 e. The van der Waals surface area contributed by atoms with Gasteiger partial charge in [0.25, 0.3) is 0 Å². The minimum atomic E-state index is -0.137. The molecule has 0 bridgehead atoms. The SMILES string of the molecule is Cc1ccc(CN2C[C@@H](CN3CCC(c4ccc(F)cc4)CC3)[C@H](c3ccsc3)C2)cc1. The fraction of sp³-hybridized carbons (Fsp3) is 0.429. The van der Waals surface area contributed by atoms with Crippen LogP contribution in [0.3, 0.4) is 0 Å². The molecule has 0 amide bonds. The summed E-state index contributed by atoms with van der Waals surface area (Å²) in [5.74, 6) is 1.74. The highest BCUT2D eigenvalue weighted by Gasteiger charge is 2.35. The van der Waals surface area contributed by atoms with Crippen molar-refractivity contribution >= 4 is 11.3 Å². The van der Waals surface area contributed by atoms with E-state index in [9.17, 15) is 4.39 Å². The van der Waals surface area contributed by atoms with E-state index < -0.39 is 0 Å². The van der Waals surface area contributed by atoms with Gasteiger partial charge in [-0.15, -0.1) is 0 Å². The third-order valence-corrected chi connectivity index (χ3v) is 8.14. The molecule has 32 heavy (non-hydrogen) atoms. The molecule has 5 rings (SSSR count). The Kier molecular flexibility index (Phi) is 6.72. The van der Waals surface area contributed by atoms with E-state index in [2.05, 4.69) is 57.8 Å². The average Bonchev–Trinajstić information content (AvgIpc) is 3.47. The molecule has 0 spiro atoms. The van der Waals surface area contributed by atoms with Crippen LogP contribution in [-0.2, 0) is 6.54 Å². The van der Waals surface area contributed by atoms with E-state index >= 15 is 0 Å². The van der Waals surface area contributed by atoms with Crippen LogP contribution >= 0.6 is 11.3 Å². The highest BCUT2D eigenvalue weighted by molar-refractivity contribution is 7.08. The number of piperidine rings is 1. The van der Waals surface area contributed by atoms with Crippen molar-refractivity contribution in [1.29, 1.82) is 0 Å². The van der Waals surface area contributed by atoms with Gasteiger partial charge in [-0.2, -0.15) is 11.3 Å². The first kappa shape index (κ1) is 21.8. The number of halogens is 1. The Morgan fingerprint density at radius 1 is 0.875 bits per heavy atom. The summed E-state index contributed by atoms with van der Waals surface area (Å²) in [7, 11) is 0. The van der Waals surface area contributed by atoms with E-state index in [0.29, 0.717) is 17.8 Å². The quantitative estimate of drug-likeness (QED) is 0.437. The Balaban J connectivity index is 1.21. The van der Waals surface area contributed by atoms with E-state index in [1.54, 1.807) is 12.1 Å². The molecule has 0 N–H and O–H groups in total. The summed E-state index contributed by atoms with van der Waals surface area (Å²) in [5.41, 5.74) is 5.56. The number of hydrogen-bond donors (Lipinski definition) is 0. The van der Waals surface area contributed by atoms with Crippen molar-refractivity contribution in [3.05, 3.63) is 93.4 Å². The lowest BCUT2D eigenvalue weighted by atomic mass is 9.87. The van der Waals surface area contributed by atoms with Gasteiger partial charge in [-0.05, 0) is 90.3 Å². The summed E-state index contributed by atoms with van der Waals surface area (Å²) in [5, 5.41) is 4.58. The summed E-state index contributed by atoms with van der Waals surface area (Å²) in [6.07, 6.45) is 2.35. The molecule has 0 radical (unpaired) electrons. The van der Waals surface area contributed by atoms with Crippen molar-refractivity contribution in [2.75, 3.05) is 32.7 Å². The molecule has 2 saturated heterocycles. The molecule has 2 atom stereocenters. The third kappa shape index (κ3) is 5.14. The molecule has 0 saturated carbocycles. The van der Waals surface area contributed by atoms with Crippen molar-refractivity contribution in [3.63, 3.8) is 0 Å². The lowest BCUT2D eigenvalue weighted by molar-refractivity contribution is 0.177. The van der Waals surface area contributed by atoms with Crippen molar-refractivity contribution in [3.8, 4) is 0 Å². The zero-order chi connectivity index (χ0) is 21.9. The lowest BCUT2D eigenvalue weighted by Gasteiger charge is -2.34. The molecule has 4 heteroatoms. The third-order valence-electron chi connectivity index (χ3n) is 7.44. The first-order valence-corrected chi connectivity index (χ1v) is 12.9. The minimum Gasteiger partial charge on any atom is -0.303 e. The van der Waals surface area contributed by atoms with Gasteiger partial charge in [0.2, 0.25) is 0 Å². The number of aryl methyl sites for hydroxylation is 1. The lowest BCUT2D eigenvalue weighted by Crippen LogP contribution is -2.38. The van der Waals surface area contributed by atoms with E-state index in [-0.39, 0.29) is 5.82 Å². The molecule has 2 aromatic carbocycles. The second kappa shape index (κ2) is 9.86. The maximum Gasteiger partial charge on any atom is 0.123 e. The van der Waals surface area contributed by atoms with E-state index in [4.69, 9.17) is 0 Å². The fourth-order valence-electron chi connectivity index (χ4n) is 5.61. The largest absolute Gasteiger partial charge is 0.303 e. The summed E-state index contributed by atoms with van der Waals surface area (Å²) in [6.45, 7) is 9.00. The molecular formula is C28H33FN2S. The Hall–Kier alpha value is -2.01. The van der Waals surface area contributed by atoms with Gasteiger partial charge in [-0.1, -0.05) is 42.0 Å². The van der Waals surface area contributed by atoms with Crippen molar-refractivity contribution in [1.82, 2.24) is 9.80 Å². The van der Waals surface area contributed by atoms with Crippen molar-refractivity contribution < 1.29 is 4.39 Å². The molecule has 0 unspecified atom stereocenters. The van der Waals surface area contributed by atoms with Gasteiger partial charge in [-0.3, -0.25) is 4.90 Å². The second-order valence-electron chi connectivity index (χ2n) is 9.73. The molecule has 168 valence electrons. The van der Waals surface area contributed by atoms with Crippen LogP contribution in [0.4, 0.5) is 4.39 Å². The second-order valence-corrected chi connectivity index (χ2v) is 10.5. The maximum atomic E-state index is 13.3. The van der Waals surface area contributed by atoms with Gasteiger partial charge in [0.05, 0.1) is 0 Å². The molecule has 1 aromatic heterocycles. The highest BCUT2D eigenvalue weighted by atomic mass is 32.1. The molecule has 2 nitrogen and oxygen atoms in total. The summed E-state index contributed by atoms with van der Waals surface area (Å²) in [4.78, 5) is 5.34. The first-order chi connectivity index (χ1) is 15.6. The van der Waals surface area contributed by atoms with Crippen LogP contribution in [0.25, 0.3) is 0 Å². The molecule has 2 aliphatic rings. The van der Waals surface area contributed by atoms with Crippen LogP contribution in [0.1, 0.15) is 46.9 Å². The Bertz CT molecular complexity index is 975. The van der Waals surface area contributed by atoms with Crippen LogP contribution < -0.4 is 0 Å². The standard InChI is InChI=1S/C28H33FN2S/c1-21-2-4-22(5-3-21)16-31-18-26(28(19-31)25-12-15-32-20-25)17-30-13-10-24(11-14-30)23-6-8-27(29)9-7-23/h2-9,12,15,20,24,26,28H,10-11,13-14,16-19H2,1H3/t26-,28+/m1/s1. The monoisotopic (exact) mass is 448 g/mol. The van der Waals surface area contributed by atoms with Crippen molar-refractivity contribution in [2.45, 2.75) is 38.1 Å². The number of nitrogens with zero attached hydrogens (tertiary/aromatic N) is 2. The fourth-order valence-corrected chi connectivity index (χ4v) is 6.33. The molecular weight excluding hydrogens is 415 g/mol. The van der Waals surface area contributed by atoms with Crippen LogP contribution in [0.5, 0.6) is 0 Å². The maximum absolute atomic E-state index is 13.3. The van der Waals surface area contributed by atoms with E-state index in [1.807, 2.05) is 23.5 Å². The van der Waals surface area contributed by atoms with Gasteiger partial charge >= 0.3 is 0 Å². The first-order valence-electron chi connectivity index (χ1n) is 11.9. The van der Waals surface area contributed by atoms with Crippen LogP contribution in [0, 0.1) is 18.7 Å². The molecule has 2 fully saturated rings. The summed E-state index contributed by atoms with van der Waals surface area (Å²) in [6, 6.07) is 18.5. The average molecular weight is 449 g/mol. The zero-order valence-corrected chi connectivity index (χ0v) is 19.7. The van der Waals surface area contributed by atoms with Gasteiger partial charge in [-0.25, -0.2) is 4.39 Å². The Labute approximate surface area is 195 Å². The number of thiophene rings is 1. The summed E-state index contributed by atoms with van der Waals surface area (Å²) >= 11 is 1.82. The van der Waals surface area contributed by atoms with Gasteiger partial charge in [0.15, 0.2) is 0 Å². The van der Waals surface area contributed by atoms with Crippen LogP contribution in [0.2, 0.25) is 0 Å². The van der Waals surface area contributed by atoms with E-state index in [1.165, 1.54) is 48.2 Å². The Morgan fingerprint density at radius 3 is 2.31 bits per heavy atom. The Morgan fingerprint density at radius 2 is 1.62 bits per heavy atom. The van der Waals surface area contributed by atoms with Crippen molar-refractivity contribution in [2.24, 2.45) is 5.92 Å². The van der Waals surface area contributed by atoms with Gasteiger partial charge in [0.1, 0.15) is 5.82 Å². The van der Waals surface area contributed by atoms with Gasteiger partial charge < -0.3 is 4.90 Å². The van der Waals surface area contributed by atoms with Crippen LogP contribution in [-0.4, -0.2) is 42.5 Å². The number of rotatable bonds is 6. The predicted octanol–water partition coefficient (Wildman–Crippen LogP) is 6.29. The topological polar surface area (TPSA) is 6.48 Å². The molecule has 2 aliphatic heterocycles. The zero-order valence-electron chi connectivity index (χ0n) is 18.9. The number of benzene rings is 2. The van der Waals surface area contributed by atoms with Crippen LogP contribution in [0.15, 0.2) is 65.4 Å². The normalized spacial score (nSPS) is 23.1. The summed E-state index contributed by atoms with van der Waals surface area (Å²) < 4.78 is 13.3. The van der Waals surface area contributed by atoms with Gasteiger partial charge in [0, 0.05) is 32.1 Å². The highest BCUT2D eigenvalue weighted by Crippen LogP contribution is 2.36. The molecule has 3 heterocycles. The van der Waals surface area contributed by atoms with E-state index in [0.717, 1.165) is 26.2 Å². The minimum absolute atomic E-state index is 0.137. The molecule has 3 aromatic rings. The number of hydrogen-bond acceptors (Lipinski definition) is 3. The predicted molar refractivity (Wildman–Crippen MR) is 132 cm³/mol.